The van der Waals surface area contributed by atoms with Gasteiger partial charge in [0.1, 0.15) is 11.6 Å². The van der Waals surface area contributed by atoms with Crippen LogP contribution in [-0.2, 0) is 0 Å². The molecule has 4 nitrogen and oxygen atoms in total. The Bertz CT molecular complexity index is 687. The van der Waals surface area contributed by atoms with Gasteiger partial charge in [-0.1, -0.05) is 0 Å². The van der Waals surface area contributed by atoms with Gasteiger partial charge in [-0.2, -0.15) is 0 Å². The molecule has 3 rings (SSSR count). The number of hydrogen-bond acceptors (Lipinski definition) is 3. The lowest BCUT2D eigenvalue weighted by Gasteiger charge is -1.98. The van der Waals surface area contributed by atoms with Crippen LogP contribution < -0.4 is 0 Å². The van der Waals surface area contributed by atoms with E-state index in [1.807, 2.05) is 31.2 Å². The molecular weight excluding hydrogens is 238 g/mol. The Hall–Kier alpha value is -2.62. The van der Waals surface area contributed by atoms with E-state index in [0.717, 1.165) is 28.3 Å². The third-order valence-corrected chi connectivity index (χ3v) is 2.99. The van der Waals surface area contributed by atoms with Gasteiger partial charge >= 0.3 is 0 Å². The molecule has 94 valence electrons. The molecule has 0 saturated heterocycles. The first kappa shape index (κ1) is 11.5. The molecule has 3 aromatic rings. The Morgan fingerprint density at radius 1 is 0.947 bits per heavy atom. The molecule has 0 aliphatic heterocycles. The van der Waals surface area contributed by atoms with Crippen molar-refractivity contribution < 1.29 is 5.11 Å². The van der Waals surface area contributed by atoms with Gasteiger partial charge in [0.05, 0.1) is 11.4 Å². The average molecular weight is 251 g/mol. The van der Waals surface area contributed by atoms with Gasteiger partial charge in [-0.05, 0) is 43.3 Å². The number of phenols is 1. The van der Waals surface area contributed by atoms with E-state index >= 15 is 0 Å². The predicted octanol–water partition coefficient (Wildman–Crippen LogP) is 3.15. The smallest absolute Gasteiger partial charge is 0.138 e. The lowest BCUT2D eigenvalue weighted by Crippen LogP contribution is -1.81. The molecule has 0 atom stereocenters. The first-order valence-corrected chi connectivity index (χ1v) is 6.00. The van der Waals surface area contributed by atoms with Crippen LogP contribution in [0.5, 0.6) is 5.75 Å². The second-order valence-electron chi connectivity index (χ2n) is 4.33. The van der Waals surface area contributed by atoms with Crippen LogP contribution in [0.4, 0.5) is 0 Å². The van der Waals surface area contributed by atoms with Crippen LogP contribution in [0, 0.1) is 6.92 Å². The summed E-state index contributed by atoms with van der Waals surface area (Å²) in [7, 11) is 0. The molecule has 19 heavy (non-hydrogen) atoms. The van der Waals surface area contributed by atoms with Crippen molar-refractivity contribution in [2.75, 3.05) is 0 Å². The Balaban J connectivity index is 2.04. The summed E-state index contributed by atoms with van der Waals surface area (Å²) in [6, 6.07) is 10.9. The zero-order valence-corrected chi connectivity index (χ0v) is 10.5. The summed E-state index contributed by atoms with van der Waals surface area (Å²) in [5.41, 5.74) is 3.94. The summed E-state index contributed by atoms with van der Waals surface area (Å²) in [5.74, 6) is 1.05. The largest absolute Gasteiger partial charge is 0.508 e. The fraction of sp³-hybridized carbons (Fsp3) is 0.0667. The number of aromatic amines is 1. The third-order valence-electron chi connectivity index (χ3n) is 2.99. The van der Waals surface area contributed by atoms with Crippen LogP contribution in [0.1, 0.15) is 5.69 Å². The van der Waals surface area contributed by atoms with Gasteiger partial charge in [-0.15, -0.1) is 0 Å². The molecule has 2 N–H and O–H groups in total. The summed E-state index contributed by atoms with van der Waals surface area (Å²) in [5, 5.41) is 9.30. The molecule has 0 amide bonds. The highest BCUT2D eigenvalue weighted by Gasteiger charge is 2.09. The van der Waals surface area contributed by atoms with E-state index in [4.69, 9.17) is 0 Å². The summed E-state index contributed by atoms with van der Waals surface area (Å²) < 4.78 is 0. The van der Waals surface area contributed by atoms with E-state index in [1.54, 1.807) is 24.5 Å². The van der Waals surface area contributed by atoms with Crippen molar-refractivity contribution in [3.63, 3.8) is 0 Å². The van der Waals surface area contributed by atoms with Crippen molar-refractivity contribution in [1.82, 2.24) is 15.0 Å². The second-order valence-corrected chi connectivity index (χ2v) is 4.33. The predicted molar refractivity (Wildman–Crippen MR) is 73.7 cm³/mol. The fourth-order valence-electron chi connectivity index (χ4n) is 2.02. The van der Waals surface area contributed by atoms with Crippen LogP contribution in [-0.4, -0.2) is 20.1 Å². The Morgan fingerprint density at radius 2 is 1.63 bits per heavy atom. The number of rotatable bonds is 2. The van der Waals surface area contributed by atoms with Crippen molar-refractivity contribution >= 4 is 0 Å². The Morgan fingerprint density at radius 3 is 2.32 bits per heavy atom. The number of imidazole rings is 1. The third kappa shape index (κ3) is 2.20. The molecular formula is C15H13N3O. The van der Waals surface area contributed by atoms with Crippen LogP contribution in [0.2, 0.25) is 0 Å². The van der Waals surface area contributed by atoms with Gasteiger partial charge in [0, 0.05) is 23.5 Å². The quantitative estimate of drug-likeness (QED) is 0.735. The molecule has 2 heterocycles. The van der Waals surface area contributed by atoms with Crippen molar-refractivity contribution in [2.45, 2.75) is 6.92 Å². The number of aromatic nitrogens is 3. The molecule has 0 aliphatic carbocycles. The number of nitrogens with zero attached hydrogens (tertiary/aromatic N) is 2. The standard InChI is InChI=1S/C15H13N3O/c1-10-14(11-6-8-16-9-7-11)18-15(17-10)12-2-4-13(19)5-3-12/h2-9,19H,1H3,(H,17,18). The monoisotopic (exact) mass is 251 g/mol. The normalized spacial score (nSPS) is 10.6. The van der Waals surface area contributed by atoms with E-state index in [1.165, 1.54) is 0 Å². The summed E-state index contributed by atoms with van der Waals surface area (Å²) in [6.07, 6.45) is 3.52. The number of nitrogens with one attached hydrogen (secondary N) is 1. The van der Waals surface area contributed by atoms with Gasteiger partial charge in [-0.25, -0.2) is 4.98 Å². The first-order valence-electron chi connectivity index (χ1n) is 6.00. The van der Waals surface area contributed by atoms with Crippen LogP contribution >= 0.6 is 0 Å². The molecule has 0 unspecified atom stereocenters. The SMILES string of the molecule is Cc1nc(-c2ccc(O)cc2)[nH]c1-c1ccncc1. The molecule has 2 aromatic heterocycles. The topological polar surface area (TPSA) is 61.8 Å². The minimum atomic E-state index is 0.251. The van der Waals surface area contributed by atoms with Crippen molar-refractivity contribution in [3.05, 3.63) is 54.5 Å². The average Bonchev–Trinajstić information content (AvgIpc) is 2.83. The van der Waals surface area contributed by atoms with E-state index < -0.39 is 0 Å². The number of pyridine rings is 1. The summed E-state index contributed by atoms with van der Waals surface area (Å²) >= 11 is 0. The highest BCUT2D eigenvalue weighted by Crippen LogP contribution is 2.25. The minimum Gasteiger partial charge on any atom is -0.508 e. The molecule has 0 aliphatic rings. The van der Waals surface area contributed by atoms with Gasteiger partial charge in [-0.3, -0.25) is 4.98 Å². The number of aromatic hydroxyl groups is 1. The van der Waals surface area contributed by atoms with Crippen LogP contribution in [0.15, 0.2) is 48.8 Å². The number of aryl methyl sites for hydroxylation is 1. The molecule has 0 saturated carbocycles. The Labute approximate surface area is 110 Å². The number of hydrogen-bond donors (Lipinski definition) is 2. The summed E-state index contributed by atoms with van der Waals surface area (Å²) in [4.78, 5) is 11.9. The van der Waals surface area contributed by atoms with Gasteiger partial charge in [0.15, 0.2) is 0 Å². The van der Waals surface area contributed by atoms with E-state index in [-0.39, 0.29) is 5.75 Å². The second kappa shape index (κ2) is 4.57. The van der Waals surface area contributed by atoms with Crippen LogP contribution in [0.3, 0.4) is 0 Å². The first-order chi connectivity index (χ1) is 9.24. The number of phenolic OH excluding ortho intramolecular Hbond substituents is 1. The van der Waals surface area contributed by atoms with Crippen molar-refractivity contribution in [1.29, 1.82) is 0 Å². The number of benzene rings is 1. The summed E-state index contributed by atoms with van der Waals surface area (Å²) in [6.45, 7) is 1.97. The van der Waals surface area contributed by atoms with E-state index in [9.17, 15) is 5.11 Å². The lowest BCUT2D eigenvalue weighted by atomic mass is 10.2. The van der Waals surface area contributed by atoms with Crippen LogP contribution in [0.25, 0.3) is 22.6 Å². The van der Waals surface area contributed by atoms with E-state index in [0.29, 0.717) is 0 Å². The van der Waals surface area contributed by atoms with Crippen molar-refractivity contribution in [3.8, 4) is 28.4 Å². The maximum absolute atomic E-state index is 9.30. The van der Waals surface area contributed by atoms with Gasteiger partial charge in [0.2, 0.25) is 0 Å². The maximum Gasteiger partial charge on any atom is 0.138 e. The Kier molecular flexibility index (Phi) is 2.76. The molecule has 0 radical (unpaired) electrons. The maximum atomic E-state index is 9.30. The fourth-order valence-corrected chi connectivity index (χ4v) is 2.02. The minimum absolute atomic E-state index is 0.251. The molecule has 0 fully saturated rings. The zero-order chi connectivity index (χ0) is 13.2. The molecule has 0 bridgehead atoms. The lowest BCUT2D eigenvalue weighted by molar-refractivity contribution is 0.475. The van der Waals surface area contributed by atoms with Crippen molar-refractivity contribution in [2.24, 2.45) is 0 Å². The van der Waals surface area contributed by atoms with Gasteiger partial charge < -0.3 is 10.1 Å². The molecule has 1 aromatic carbocycles. The highest BCUT2D eigenvalue weighted by atomic mass is 16.3. The van der Waals surface area contributed by atoms with Gasteiger partial charge in [0.25, 0.3) is 0 Å². The molecule has 0 spiro atoms. The number of H-pyrrole nitrogens is 1. The molecule has 4 heteroatoms. The zero-order valence-electron chi connectivity index (χ0n) is 10.5. The highest BCUT2D eigenvalue weighted by molar-refractivity contribution is 5.67. The van der Waals surface area contributed by atoms with E-state index in [2.05, 4.69) is 15.0 Å².